The average molecular weight is 202 g/mol. The van der Waals surface area contributed by atoms with Gasteiger partial charge >= 0.3 is 0 Å². The van der Waals surface area contributed by atoms with E-state index in [1.165, 1.54) is 5.56 Å². The zero-order valence-electron chi connectivity index (χ0n) is 8.62. The quantitative estimate of drug-likeness (QED) is 0.671. The molecule has 0 saturated heterocycles. The molecule has 2 rings (SSSR count). The zero-order chi connectivity index (χ0) is 10.7. The van der Waals surface area contributed by atoms with Gasteiger partial charge in [-0.15, -0.1) is 5.53 Å². The second-order valence-corrected chi connectivity index (χ2v) is 3.51. The Morgan fingerprint density at radius 3 is 2.67 bits per heavy atom. The SMILES string of the molecule is CN1NNC(Cc2ccccc2)=CC1=N. The Kier molecular flexibility index (Phi) is 2.69. The summed E-state index contributed by atoms with van der Waals surface area (Å²) in [5.74, 6) is 0.458. The topological polar surface area (TPSA) is 51.1 Å². The van der Waals surface area contributed by atoms with Gasteiger partial charge in [0.05, 0.1) is 0 Å². The van der Waals surface area contributed by atoms with Crippen LogP contribution in [0, 0.1) is 5.41 Å². The summed E-state index contributed by atoms with van der Waals surface area (Å²) in [5, 5.41) is 9.26. The molecule has 1 aliphatic rings. The highest BCUT2D eigenvalue weighted by Gasteiger charge is 2.10. The van der Waals surface area contributed by atoms with Crippen molar-refractivity contribution in [2.45, 2.75) is 6.42 Å². The summed E-state index contributed by atoms with van der Waals surface area (Å²) in [7, 11) is 1.80. The first kappa shape index (κ1) is 9.73. The third kappa shape index (κ3) is 2.35. The van der Waals surface area contributed by atoms with Crippen molar-refractivity contribution in [2.24, 2.45) is 0 Å². The van der Waals surface area contributed by atoms with Crippen LogP contribution in [0.1, 0.15) is 5.56 Å². The molecule has 0 spiro atoms. The number of rotatable bonds is 2. The van der Waals surface area contributed by atoms with E-state index in [1.54, 1.807) is 12.1 Å². The number of likely N-dealkylation sites (N-methyl/N-ethyl adjacent to an activating group) is 1. The van der Waals surface area contributed by atoms with Gasteiger partial charge in [-0.2, -0.15) is 0 Å². The number of amidine groups is 1. The second kappa shape index (κ2) is 4.14. The highest BCUT2D eigenvalue weighted by molar-refractivity contribution is 5.90. The van der Waals surface area contributed by atoms with E-state index >= 15 is 0 Å². The molecule has 4 nitrogen and oxygen atoms in total. The first-order valence-electron chi connectivity index (χ1n) is 4.84. The van der Waals surface area contributed by atoms with E-state index in [0.717, 1.165) is 12.1 Å². The molecule has 1 aromatic carbocycles. The molecule has 15 heavy (non-hydrogen) atoms. The molecule has 1 heterocycles. The average Bonchev–Trinajstić information content (AvgIpc) is 2.25. The predicted molar refractivity (Wildman–Crippen MR) is 60.0 cm³/mol. The predicted octanol–water partition coefficient (Wildman–Crippen LogP) is 1.04. The summed E-state index contributed by atoms with van der Waals surface area (Å²) in [4.78, 5) is 0. The van der Waals surface area contributed by atoms with Gasteiger partial charge in [-0.05, 0) is 5.56 Å². The Balaban J connectivity index is 2.08. The molecule has 4 heteroatoms. The van der Waals surface area contributed by atoms with Crippen LogP contribution in [0.4, 0.5) is 0 Å². The van der Waals surface area contributed by atoms with Gasteiger partial charge in [0.1, 0.15) is 5.84 Å². The lowest BCUT2D eigenvalue weighted by molar-refractivity contribution is 0.309. The van der Waals surface area contributed by atoms with E-state index in [4.69, 9.17) is 5.41 Å². The van der Waals surface area contributed by atoms with Crippen molar-refractivity contribution in [3.63, 3.8) is 0 Å². The fourth-order valence-corrected chi connectivity index (χ4v) is 1.42. The molecule has 0 saturated carbocycles. The van der Waals surface area contributed by atoms with Gasteiger partial charge in [0.2, 0.25) is 0 Å². The van der Waals surface area contributed by atoms with Crippen molar-refractivity contribution in [3.8, 4) is 0 Å². The van der Waals surface area contributed by atoms with E-state index in [0.29, 0.717) is 5.84 Å². The molecule has 78 valence electrons. The Labute approximate surface area is 89.0 Å². The summed E-state index contributed by atoms with van der Waals surface area (Å²) in [5.41, 5.74) is 8.17. The lowest BCUT2D eigenvalue weighted by Gasteiger charge is -2.26. The van der Waals surface area contributed by atoms with Crippen LogP contribution in [0.3, 0.4) is 0 Å². The van der Waals surface area contributed by atoms with Crippen LogP contribution >= 0.6 is 0 Å². The number of allylic oxidation sites excluding steroid dienone is 1. The lowest BCUT2D eigenvalue weighted by Crippen LogP contribution is -2.50. The minimum atomic E-state index is 0.458. The van der Waals surface area contributed by atoms with Crippen molar-refractivity contribution < 1.29 is 0 Å². The Morgan fingerprint density at radius 2 is 2.00 bits per heavy atom. The molecular weight excluding hydrogens is 188 g/mol. The standard InChI is InChI=1S/C11H14N4/c1-15-11(12)8-10(13-14-15)7-9-5-3-2-4-6-9/h2-6,8,12-14H,7H2,1H3. The van der Waals surface area contributed by atoms with E-state index in [2.05, 4.69) is 23.1 Å². The number of nitrogens with zero attached hydrogens (tertiary/aromatic N) is 1. The number of hydrazine groups is 2. The first-order chi connectivity index (χ1) is 7.25. The van der Waals surface area contributed by atoms with E-state index in [9.17, 15) is 0 Å². The molecule has 0 unspecified atom stereocenters. The number of nitrogens with one attached hydrogen (secondary N) is 3. The van der Waals surface area contributed by atoms with Crippen LogP contribution in [0.25, 0.3) is 0 Å². The van der Waals surface area contributed by atoms with E-state index < -0.39 is 0 Å². The fraction of sp³-hybridized carbons (Fsp3) is 0.182. The molecule has 0 fully saturated rings. The highest BCUT2D eigenvalue weighted by atomic mass is 15.7. The molecule has 0 bridgehead atoms. The van der Waals surface area contributed by atoms with Gasteiger partial charge in [0.15, 0.2) is 0 Å². The fourth-order valence-electron chi connectivity index (χ4n) is 1.42. The van der Waals surface area contributed by atoms with Crippen LogP contribution in [0.5, 0.6) is 0 Å². The molecule has 3 N–H and O–H groups in total. The molecule has 1 aliphatic heterocycles. The minimum Gasteiger partial charge on any atom is -0.307 e. The van der Waals surface area contributed by atoms with Crippen LogP contribution in [0.2, 0.25) is 0 Å². The van der Waals surface area contributed by atoms with Gasteiger partial charge in [-0.25, -0.2) is 0 Å². The summed E-state index contributed by atoms with van der Waals surface area (Å²) in [6.07, 6.45) is 2.63. The maximum absolute atomic E-state index is 7.64. The molecular formula is C11H14N4. The summed E-state index contributed by atoms with van der Waals surface area (Å²) in [6.45, 7) is 0. The normalized spacial score (nSPS) is 15.9. The zero-order valence-corrected chi connectivity index (χ0v) is 8.62. The van der Waals surface area contributed by atoms with E-state index in [-0.39, 0.29) is 0 Å². The third-order valence-electron chi connectivity index (χ3n) is 2.29. The van der Waals surface area contributed by atoms with Crippen LogP contribution < -0.4 is 11.0 Å². The van der Waals surface area contributed by atoms with Crippen molar-refractivity contribution in [3.05, 3.63) is 47.7 Å². The van der Waals surface area contributed by atoms with Crippen LogP contribution in [-0.2, 0) is 6.42 Å². The van der Waals surface area contributed by atoms with Gasteiger partial charge in [0.25, 0.3) is 0 Å². The first-order valence-corrected chi connectivity index (χ1v) is 4.84. The summed E-state index contributed by atoms with van der Waals surface area (Å²) in [6, 6.07) is 10.2. The summed E-state index contributed by atoms with van der Waals surface area (Å²) < 4.78 is 0. The molecule has 0 amide bonds. The number of hydrogen-bond acceptors (Lipinski definition) is 3. The van der Waals surface area contributed by atoms with Gasteiger partial charge in [-0.1, -0.05) is 30.3 Å². The second-order valence-electron chi connectivity index (χ2n) is 3.51. The lowest BCUT2D eigenvalue weighted by atomic mass is 10.1. The molecule has 0 atom stereocenters. The molecule has 1 aromatic rings. The Hall–Kier alpha value is -1.81. The van der Waals surface area contributed by atoms with Crippen LogP contribution in [0.15, 0.2) is 42.1 Å². The third-order valence-corrected chi connectivity index (χ3v) is 2.29. The number of hydrogen-bond donors (Lipinski definition) is 3. The van der Waals surface area contributed by atoms with Gasteiger partial charge in [-0.3, -0.25) is 10.4 Å². The smallest absolute Gasteiger partial charge is 0.138 e. The largest absolute Gasteiger partial charge is 0.307 e. The highest BCUT2D eigenvalue weighted by Crippen LogP contribution is 2.07. The molecule has 0 aliphatic carbocycles. The van der Waals surface area contributed by atoms with Crippen molar-refractivity contribution in [1.82, 2.24) is 16.0 Å². The van der Waals surface area contributed by atoms with Crippen molar-refractivity contribution in [2.75, 3.05) is 7.05 Å². The number of benzene rings is 1. The molecule has 0 radical (unpaired) electrons. The minimum absolute atomic E-state index is 0.458. The Morgan fingerprint density at radius 1 is 1.27 bits per heavy atom. The van der Waals surface area contributed by atoms with Crippen LogP contribution in [-0.4, -0.2) is 17.9 Å². The molecule has 0 aromatic heterocycles. The van der Waals surface area contributed by atoms with E-state index in [1.807, 2.05) is 24.3 Å². The monoisotopic (exact) mass is 202 g/mol. The summed E-state index contributed by atoms with van der Waals surface area (Å²) >= 11 is 0. The maximum atomic E-state index is 7.64. The Bertz CT molecular complexity index is 383. The van der Waals surface area contributed by atoms with Gasteiger partial charge in [0, 0.05) is 25.2 Å². The van der Waals surface area contributed by atoms with Crippen molar-refractivity contribution in [1.29, 1.82) is 5.41 Å². The maximum Gasteiger partial charge on any atom is 0.138 e. The van der Waals surface area contributed by atoms with Crippen molar-refractivity contribution >= 4 is 5.84 Å². The van der Waals surface area contributed by atoms with Gasteiger partial charge < -0.3 is 5.43 Å².